The molecule has 3 rings (SSSR count). The first kappa shape index (κ1) is 10.5. The van der Waals surface area contributed by atoms with Crippen molar-refractivity contribution in [2.24, 2.45) is 11.8 Å². The fourth-order valence-corrected chi connectivity index (χ4v) is 3.81. The minimum Gasteiger partial charge on any atom is -0.382 e. The van der Waals surface area contributed by atoms with Crippen molar-refractivity contribution in [1.82, 2.24) is 0 Å². The van der Waals surface area contributed by atoms with Crippen molar-refractivity contribution < 1.29 is 0 Å². The fourth-order valence-electron chi connectivity index (χ4n) is 3.35. The van der Waals surface area contributed by atoms with Crippen LogP contribution in [0.15, 0.2) is 29.2 Å². The second-order valence-corrected chi connectivity index (χ2v) is 6.04. The van der Waals surface area contributed by atoms with Gasteiger partial charge in [-0.15, -0.1) is 11.8 Å². The molecule has 0 spiro atoms. The van der Waals surface area contributed by atoms with Crippen LogP contribution in [0.4, 0.5) is 5.69 Å². The highest BCUT2D eigenvalue weighted by atomic mass is 32.2. The van der Waals surface area contributed by atoms with Gasteiger partial charge in [-0.1, -0.05) is 12.5 Å². The molecule has 2 saturated carbocycles. The van der Waals surface area contributed by atoms with Gasteiger partial charge in [0.25, 0.3) is 0 Å². The summed E-state index contributed by atoms with van der Waals surface area (Å²) in [7, 11) is 0. The Balaban J connectivity index is 1.69. The van der Waals surface area contributed by atoms with Crippen molar-refractivity contribution in [3.05, 3.63) is 24.3 Å². The lowest BCUT2D eigenvalue weighted by molar-refractivity contribution is 0.440. The van der Waals surface area contributed by atoms with Crippen molar-refractivity contribution in [2.75, 3.05) is 11.6 Å². The molecule has 1 aromatic carbocycles. The highest BCUT2D eigenvalue weighted by Crippen LogP contribution is 2.45. The zero-order chi connectivity index (χ0) is 11.0. The SMILES string of the molecule is CSc1cccc(NC2CC3CCC2C3)c1. The Morgan fingerprint density at radius 1 is 1.25 bits per heavy atom. The molecular formula is C14H19NS. The van der Waals surface area contributed by atoms with Crippen LogP contribution in [0, 0.1) is 11.8 Å². The second kappa shape index (κ2) is 4.33. The van der Waals surface area contributed by atoms with Crippen LogP contribution < -0.4 is 5.32 Å². The normalized spacial score (nSPS) is 31.9. The van der Waals surface area contributed by atoms with Gasteiger partial charge in [-0.25, -0.2) is 0 Å². The molecule has 2 heteroatoms. The van der Waals surface area contributed by atoms with E-state index in [1.54, 1.807) is 0 Å². The van der Waals surface area contributed by atoms with Crippen LogP contribution in [0.25, 0.3) is 0 Å². The third-order valence-corrected chi connectivity index (χ3v) is 4.89. The van der Waals surface area contributed by atoms with Gasteiger partial charge in [-0.05, 0) is 55.6 Å². The van der Waals surface area contributed by atoms with E-state index < -0.39 is 0 Å². The Kier molecular flexibility index (Phi) is 2.84. The average Bonchev–Trinajstić information content (AvgIpc) is 2.91. The number of benzene rings is 1. The molecule has 3 unspecified atom stereocenters. The predicted molar refractivity (Wildman–Crippen MR) is 71.1 cm³/mol. The number of rotatable bonds is 3. The summed E-state index contributed by atoms with van der Waals surface area (Å²) in [6.07, 6.45) is 7.93. The number of anilines is 1. The Labute approximate surface area is 102 Å². The average molecular weight is 233 g/mol. The van der Waals surface area contributed by atoms with Crippen LogP contribution in [0.3, 0.4) is 0 Å². The van der Waals surface area contributed by atoms with E-state index in [2.05, 4.69) is 35.8 Å². The van der Waals surface area contributed by atoms with Crippen molar-refractivity contribution in [3.8, 4) is 0 Å². The maximum Gasteiger partial charge on any atom is 0.0353 e. The highest BCUT2D eigenvalue weighted by Gasteiger charge is 2.39. The summed E-state index contributed by atoms with van der Waals surface area (Å²) in [5.41, 5.74) is 1.31. The maximum absolute atomic E-state index is 3.73. The lowest BCUT2D eigenvalue weighted by atomic mass is 9.95. The highest BCUT2D eigenvalue weighted by molar-refractivity contribution is 7.98. The number of fused-ring (bicyclic) bond motifs is 2. The topological polar surface area (TPSA) is 12.0 Å². The van der Waals surface area contributed by atoms with Crippen LogP contribution >= 0.6 is 11.8 Å². The summed E-state index contributed by atoms with van der Waals surface area (Å²) in [6.45, 7) is 0. The summed E-state index contributed by atoms with van der Waals surface area (Å²) < 4.78 is 0. The van der Waals surface area contributed by atoms with Gasteiger partial charge >= 0.3 is 0 Å². The van der Waals surface area contributed by atoms with E-state index in [9.17, 15) is 0 Å². The largest absolute Gasteiger partial charge is 0.382 e. The maximum atomic E-state index is 3.73. The molecule has 0 saturated heterocycles. The monoisotopic (exact) mass is 233 g/mol. The third kappa shape index (κ3) is 1.95. The molecule has 0 heterocycles. The summed E-state index contributed by atoms with van der Waals surface area (Å²) in [5, 5.41) is 3.73. The standard InChI is InChI=1S/C14H19NS/c1-16-13-4-2-3-12(9-13)15-14-8-10-5-6-11(14)7-10/h2-4,9-11,14-15H,5-8H2,1H3. The van der Waals surface area contributed by atoms with Crippen LogP contribution in [-0.4, -0.2) is 12.3 Å². The van der Waals surface area contributed by atoms with E-state index in [1.807, 2.05) is 11.8 Å². The Bertz CT molecular complexity index is 377. The van der Waals surface area contributed by atoms with Crippen LogP contribution in [-0.2, 0) is 0 Å². The lowest BCUT2D eigenvalue weighted by Crippen LogP contribution is -2.25. The van der Waals surface area contributed by atoms with Gasteiger partial charge in [0, 0.05) is 16.6 Å². The predicted octanol–water partition coefficient (Wildman–Crippen LogP) is 4.01. The molecule has 0 aromatic heterocycles. The minimum atomic E-state index is 0.746. The smallest absolute Gasteiger partial charge is 0.0353 e. The van der Waals surface area contributed by atoms with Crippen molar-refractivity contribution >= 4 is 17.4 Å². The molecule has 1 aromatic rings. The molecule has 2 bridgehead atoms. The summed E-state index contributed by atoms with van der Waals surface area (Å²) in [5.74, 6) is 1.97. The molecule has 0 amide bonds. The number of nitrogens with one attached hydrogen (secondary N) is 1. The van der Waals surface area contributed by atoms with Gasteiger partial charge in [-0.2, -0.15) is 0 Å². The van der Waals surface area contributed by atoms with Crippen molar-refractivity contribution in [3.63, 3.8) is 0 Å². The number of hydrogen-bond donors (Lipinski definition) is 1. The molecule has 1 N–H and O–H groups in total. The molecule has 3 atom stereocenters. The Hall–Kier alpha value is -0.630. The zero-order valence-electron chi connectivity index (χ0n) is 9.78. The van der Waals surface area contributed by atoms with Crippen LogP contribution in [0.5, 0.6) is 0 Å². The molecule has 2 aliphatic rings. The lowest BCUT2D eigenvalue weighted by Gasteiger charge is -2.24. The van der Waals surface area contributed by atoms with E-state index in [1.165, 1.54) is 36.3 Å². The van der Waals surface area contributed by atoms with Crippen molar-refractivity contribution in [2.45, 2.75) is 36.6 Å². The molecule has 0 aliphatic heterocycles. The molecular weight excluding hydrogens is 214 g/mol. The van der Waals surface area contributed by atoms with Crippen molar-refractivity contribution in [1.29, 1.82) is 0 Å². The first-order valence-electron chi connectivity index (χ1n) is 6.26. The first-order valence-corrected chi connectivity index (χ1v) is 7.48. The summed E-state index contributed by atoms with van der Waals surface area (Å²) in [6, 6.07) is 9.55. The molecule has 1 nitrogen and oxygen atoms in total. The summed E-state index contributed by atoms with van der Waals surface area (Å²) >= 11 is 1.82. The van der Waals surface area contributed by atoms with Gasteiger partial charge in [0.1, 0.15) is 0 Å². The Morgan fingerprint density at radius 3 is 2.88 bits per heavy atom. The van der Waals surface area contributed by atoms with Gasteiger partial charge in [0.05, 0.1) is 0 Å². The van der Waals surface area contributed by atoms with E-state index in [-0.39, 0.29) is 0 Å². The van der Waals surface area contributed by atoms with Crippen LogP contribution in [0.2, 0.25) is 0 Å². The zero-order valence-corrected chi connectivity index (χ0v) is 10.6. The summed E-state index contributed by atoms with van der Waals surface area (Å²) in [4.78, 5) is 1.35. The molecule has 2 fully saturated rings. The quantitative estimate of drug-likeness (QED) is 0.792. The number of thioether (sulfide) groups is 1. The van der Waals surface area contributed by atoms with Gasteiger partial charge in [0.2, 0.25) is 0 Å². The first-order chi connectivity index (χ1) is 7.85. The molecule has 16 heavy (non-hydrogen) atoms. The van der Waals surface area contributed by atoms with Gasteiger partial charge in [-0.3, -0.25) is 0 Å². The molecule has 2 aliphatic carbocycles. The minimum absolute atomic E-state index is 0.746. The van der Waals surface area contributed by atoms with E-state index >= 15 is 0 Å². The Morgan fingerprint density at radius 2 is 2.19 bits per heavy atom. The molecule has 0 radical (unpaired) electrons. The van der Waals surface area contributed by atoms with E-state index in [4.69, 9.17) is 0 Å². The second-order valence-electron chi connectivity index (χ2n) is 5.16. The van der Waals surface area contributed by atoms with E-state index in [0.717, 1.165) is 17.9 Å². The van der Waals surface area contributed by atoms with E-state index in [0.29, 0.717) is 0 Å². The third-order valence-electron chi connectivity index (χ3n) is 4.16. The van der Waals surface area contributed by atoms with Gasteiger partial charge < -0.3 is 5.32 Å². The van der Waals surface area contributed by atoms with Gasteiger partial charge in [0.15, 0.2) is 0 Å². The number of hydrogen-bond acceptors (Lipinski definition) is 2. The fraction of sp³-hybridized carbons (Fsp3) is 0.571. The van der Waals surface area contributed by atoms with Crippen LogP contribution in [0.1, 0.15) is 25.7 Å². The molecule has 86 valence electrons.